The number of hydrogen-bond acceptors (Lipinski definition) is 5. The van der Waals surface area contributed by atoms with Gasteiger partial charge >= 0.3 is 12.2 Å². The van der Waals surface area contributed by atoms with E-state index in [0.717, 1.165) is 11.1 Å². The number of rotatable bonds is 8. The van der Waals surface area contributed by atoms with Gasteiger partial charge in [0.2, 0.25) is 0 Å². The number of pyridine rings is 1. The molecule has 3 rings (SSSR count). The van der Waals surface area contributed by atoms with E-state index in [2.05, 4.69) is 30.4 Å². The van der Waals surface area contributed by atoms with Crippen LogP contribution in [0.15, 0.2) is 55.2 Å². The number of benzene rings is 1. The number of carbonyl (C=O) groups excluding carboxylic acids is 1. The zero-order chi connectivity index (χ0) is 21.4. The molecule has 30 heavy (non-hydrogen) atoms. The van der Waals surface area contributed by atoms with Crippen LogP contribution < -0.4 is 10.6 Å². The molecule has 3 aromatic rings. The number of urea groups is 1. The molecule has 1 aromatic carbocycles. The van der Waals surface area contributed by atoms with Gasteiger partial charge in [-0.3, -0.25) is 0 Å². The first-order chi connectivity index (χ1) is 14.4. The molecular weight excluding hydrogens is 401 g/mol. The van der Waals surface area contributed by atoms with Gasteiger partial charge in [-0.1, -0.05) is 30.3 Å². The summed E-state index contributed by atoms with van der Waals surface area (Å²) in [5, 5.41) is 9.51. The molecule has 158 valence electrons. The Labute approximate surface area is 170 Å². The number of nitrogens with one attached hydrogen (secondary N) is 2. The van der Waals surface area contributed by atoms with Crippen molar-refractivity contribution in [1.29, 1.82) is 0 Å². The van der Waals surface area contributed by atoms with Crippen LogP contribution in [0.3, 0.4) is 0 Å². The summed E-state index contributed by atoms with van der Waals surface area (Å²) in [5.74, 6) is 0.568. The van der Waals surface area contributed by atoms with E-state index in [9.17, 15) is 18.0 Å². The van der Waals surface area contributed by atoms with Crippen molar-refractivity contribution >= 4 is 6.03 Å². The molecule has 2 amide bonds. The van der Waals surface area contributed by atoms with E-state index in [-0.39, 0.29) is 25.7 Å². The van der Waals surface area contributed by atoms with Crippen molar-refractivity contribution in [3.63, 3.8) is 0 Å². The van der Waals surface area contributed by atoms with Gasteiger partial charge in [0.25, 0.3) is 0 Å². The number of halogens is 3. The summed E-state index contributed by atoms with van der Waals surface area (Å²) in [5.41, 5.74) is 2.18. The first-order valence-electron chi connectivity index (χ1n) is 8.93. The lowest BCUT2D eigenvalue weighted by atomic mass is 10.1. The fourth-order valence-corrected chi connectivity index (χ4v) is 2.55. The molecule has 11 heteroatoms. The van der Waals surface area contributed by atoms with Gasteiger partial charge in [0.1, 0.15) is 19.3 Å². The second-order valence-corrected chi connectivity index (χ2v) is 6.29. The highest BCUT2D eigenvalue weighted by Crippen LogP contribution is 2.16. The average molecular weight is 420 g/mol. The van der Waals surface area contributed by atoms with Crippen molar-refractivity contribution in [2.24, 2.45) is 0 Å². The van der Waals surface area contributed by atoms with Crippen LogP contribution in [-0.2, 0) is 24.4 Å². The number of amides is 2. The quantitative estimate of drug-likeness (QED) is 0.585. The van der Waals surface area contributed by atoms with Gasteiger partial charge in [-0.05, 0) is 17.2 Å². The van der Waals surface area contributed by atoms with Crippen molar-refractivity contribution in [2.75, 3.05) is 6.61 Å². The van der Waals surface area contributed by atoms with E-state index in [4.69, 9.17) is 0 Å². The number of alkyl halides is 3. The molecule has 2 heterocycles. The Morgan fingerprint density at radius 2 is 1.80 bits per heavy atom. The Hall–Kier alpha value is -3.47. The van der Waals surface area contributed by atoms with Crippen LogP contribution in [0, 0.1) is 0 Å². The third-order valence-corrected chi connectivity index (χ3v) is 3.95. The monoisotopic (exact) mass is 420 g/mol. The molecule has 0 radical (unpaired) electrons. The van der Waals surface area contributed by atoms with Crippen molar-refractivity contribution in [3.8, 4) is 5.82 Å². The normalized spacial score (nSPS) is 11.3. The van der Waals surface area contributed by atoms with E-state index in [0.29, 0.717) is 11.4 Å². The molecule has 0 fully saturated rings. The number of carbonyl (C=O) groups is 1. The average Bonchev–Trinajstić information content (AvgIpc) is 3.26. The molecule has 0 aliphatic heterocycles. The highest BCUT2D eigenvalue weighted by Gasteiger charge is 2.27. The van der Waals surface area contributed by atoms with Gasteiger partial charge < -0.3 is 15.4 Å². The second-order valence-electron chi connectivity index (χ2n) is 6.29. The lowest BCUT2D eigenvalue weighted by Crippen LogP contribution is -2.34. The Kier molecular flexibility index (Phi) is 6.96. The fourth-order valence-electron chi connectivity index (χ4n) is 2.55. The number of hydrogen-bond donors (Lipinski definition) is 2. The molecule has 0 unspecified atom stereocenters. The van der Waals surface area contributed by atoms with E-state index in [1.807, 2.05) is 6.07 Å². The molecule has 2 N–H and O–H groups in total. The van der Waals surface area contributed by atoms with E-state index < -0.39 is 12.8 Å². The summed E-state index contributed by atoms with van der Waals surface area (Å²) in [6, 6.07) is 9.96. The second kappa shape index (κ2) is 9.83. The van der Waals surface area contributed by atoms with Gasteiger partial charge in [0, 0.05) is 24.8 Å². The maximum absolute atomic E-state index is 12.1. The maximum atomic E-state index is 12.1. The van der Waals surface area contributed by atoms with Crippen molar-refractivity contribution < 1.29 is 22.7 Å². The Morgan fingerprint density at radius 1 is 1.07 bits per heavy atom. The van der Waals surface area contributed by atoms with Gasteiger partial charge in [-0.25, -0.2) is 19.4 Å². The zero-order valence-electron chi connectivity index (χ0n) is 15.8. The molecule has 0 aliphatic rings. The third-order valence-electron chi connectivity index (χ3n) is 3.95. The summed E-state index contributed by atoms with van der Waals surface area (Å²) in [6.45, 7) is -0.915. The van der Waals surface area contributed by atoms with E-state index >= 15 is 0 Å². The van der Waals surface area contributed by atoms with Crippen LogP contribution in [0.4, 0.5) is 18.0 Å². The highest BCUT2D eigenvalue weighted by molar-refractivity contribution is 5.73. The molecule has 8 nitrogen and oxygen atoms in total. The summed E-state index contributed by atoms with van der Waals surface area (Å²) in [6.07, 6.45) is 0.192. The predicted molar refractivity (Wildman–Crippen MR) is 100 cm³/mol. The lowest BCUT2D eigenvalue weighted by Gasteiger charge is -2.11. The maximum Gasteiger partial charge on any atom is 0.411 e. The van der Waals surface area contributed by atoms with Crippen LogP contribution in [0.1, 0.15) is 16.7 Å². The van der Waals surface area contributed by atoms with E-state index in [1.54, 1.807) is 36.5 Å². The first-order valence-corrected chi connectivity index (χ1v) is 8.93. The smallest absolute Gasteiger partial charge is 0.367 e. The molecule has 2 aromatic heterocycles. The van der Waals surface area contributed by atoms with Crippen molar-refractivity contribution in [2.45, 2.75) is 25.9 Å². The standard InChI is InChI=1S/C19H19F3N6O2/c20-19(21,22)11-30-10-15-5-3-14(4-6-15)8-25-18(29)26-9-16-2-1-7-24-17(16)28-13-23-12-27-28/h1-7,12-13H,8-11H2,(H2,25,26,29). The fraction of sp³-hybridized carbons (Fsp3) is 0.263. The minimum Gasteiger partial charge on any atom is -0.367 e. The molecule has 0 saturated heterocycles. The minimum absolute atomic E-state index is 0.132. The summed E-state index contributed by atoms with van der Waals surface area (Å²) in [4.78, 5) is 20.2. The van der Waals surface area contributed by atoms with Crippen LogP contribution in [-0.4, -0.2) is 38.6 Å². The van der Waals surface area contributed by atoms with Gasteiger partial charge in [0.15, 0.2) is 5.82 Å². The van der Waals surface area contributed by atoms with Crippen LogP contribution in [0.2, 0.25) is 0 Å². The van der Waals surface area contributed by atoms with Crippen LogP contribution in [0.25, 0.3) is 5.82 Å². The Morgan fingerprint density at radius 3 is 2.50 bits per heavy atom. The van der Waals surface area contributed by atoms with Crippen LogP contribution >= 0.6 is 0 Å². The predicted octanol–water partition coefficient (Wildman–Crippen LogP) is 2.74. The van der Waals surface area contributed by atoms with Gasteiger partial charge in [0.05, 0.1) is 6.61 Å². The molecule has 0 spiro atoms. The summed E-state index contributed by atoms with van der Waals surface area (Å²) in [7, 11) is 0. The summed E-state index contributed by atoms with van der Waals surface area (Å²) < 4.78 is 42.4. The minimum atomic E-state index is -4.34. The molecule has 0 atom stereocenters. The van der Waals surface area contributed by atoms with Gasteiger partial charge in [-0.15, -0.1) is 0 Å². The third kappa shape index (κ3) is 6.55. The van der Waals surface area contributed by atoms with Crippen LogP contribution in [0.5, 0.6) is 0 Å². The SMILES string of the molecule is O=C(NCc1ccc(COCC(F)(F)F)cc1)NCc1cccnc1-n1cncn1. The van der Waals surface area contributed by atoms with E-state index in [1.165, 1.54) is 17.3 Å². The zero-order valence-corrected chi connectivity index (χ0v) is 15.8. The first kappa shape index (κ1) is 21.2. The summed E-state index contributed by atoms with van der Waals surface area (Å²) >= 11 is 0. The lowest BCUT2D eigenvalue weighted by molar-refractivity contribution is -0.176. The Balaban J connectivity index is 1.44. The largest absolute Gasteiger partial charge is 0.411 e. The number of aromatic nitrogens is 4. The number of ether oxygens (including phenoxy) is 1. The molecule has 0 aliphatic carbocycles. The molecule has 0 saturated carbocycles. The molecular formula is C19H19F3N6O2. The number of nitrogens with zero attached hydrogens (tertiary/aromatic N) is 4. The van der Waals surface area contributed by atoms with Gasteiger partial charge in [-0.2, -0.15) is 18.3 Å². The molecule has 0 bridgehead atoms. The topological polar surface area (TPSA) is 94.0 Å². The Bertz CT molecular complexity index is 946. The van der Waals surface area contributed by atoms with Crippen molar-refractivity contribution in [3.05, 3.63) is 71.9 Å². The highest BCUT2D eigenvalue weighted by atomic mass is 19.4. The van der Waals surface area contributed by atoms with Crippen molar-refractivity contribution in [1.82, 2.24) is 30.4 Å².